The molecule has 28 heavy (non-hydrogen) atoms. The highest BCUT2D eigenvalue weighted by Crippen LogP contribution is 2.28. The molecule has 156 valence electrons. The van der Waals surface area contributed by atoms with Crippen molar-refractivity contribution < 1.29 is 8.42 Å². The fourth-order valence-electron chi connectivity index (χ4n) is 4.56. The average molecular weight is 425 g/mol. The van der Waals surface area contributed by atoms with Gasteiger partial charge in [0.2, 0.25) is 0 Å². The lowest BCUT2D eigenvalue weighted by Crippen LogP contribution is -2.52. The lowest BCUT2D eigenvalue weighted by molar-refractivity contribution is 0.138. The van der Waals surface area contributed by atoms with E-state index < -0.39 is 9.84 Å². The average Bonchev–Trinajstić information content (AvgIpc) is 2.65. The Morgan fingerprint density at radius 2 is 1.75 bits per heavy atom. The molecule has 2 aromatic carbocycles. The van der Waals surface area contributed by atoms with Crippen LogP contribution in [-0.4, -0.2) is 50.6 Å². The monoisotopic (exact) mass is 424 g/mol. The Hall–Kier alpha value is -1.14. The van der Waals surface area contributed by atoms with Gasteiger partial charge in [-0.25, -0.2) is 8.42 Å². The molecule has 0 spiro atoms. The van der Waals surface area contributed by atoms with E-state index in [1.54, 1.807) is 0 Å². The second-order valence-electron chi connectivity index (χ2n) is 7.87. The van der Waals surface area contributed by atoms with Crippen molar-refractivity contribution in [2.75, 3.05) is 25.9 Å². The molecular formula is C22H33ClN2O2S. The molecule has 0 aliphatic carbocycles. The van der Waals surface area contributed by atoms with Gasteiger partial charge < -0.3 is 5.32 Å². The number of nitrogens with zero attached hydrogens (tertiary/aromatic N) is 1. The standard InChI is InChI=1S/C22H32N2O2S.ClH/c1-4-24(22(27(3,25)26)20-11-13-23-14-12-20)17(2)15-18-9-10-19-7-5-6-8-21(19)16-18;/h5-10,16-17,20,22-23H,4,11-15H2,1-3H3;1H. The van der Waals surface area contributed by atoms with Crippen molar-refractivity contribution in [3.8, 4) is 0 Å². The van der Waals surface area contributed by atoms with Crippen LogP contribution < -0.4 is 5.32 Å². The summed E-state index contributed by atoms with van der Waals surface area (Å²) < 4.78 is 25.4. The van der Waals surface area contributed by atoms with Crippen molar-refractivity contribution in [2.45, 2.75) is 44.5 Å². The van der Waals surface area contributed by atoms with Gasteiger partial charge in [-0.15, -0.1) is 12.4 Å². The molecule has 0 amide bonds. The minimum Gasteiger partial charge on any atom is -0.317 e. The summed E-state index contributed by atoms with van der Waals surface area (Å²) in [6.45, 7) is 6.81. The molecule has 3 rings (SSSR count). The molecule has 1 saturated heterocycles. The summed E-state index contributed by atoms with van der Waals surface area (Å²) in [7, 11) is -3.15. The second kappa shape index (κ2) is 10.1. The molecule has 0 bridgehead atoms. The van der Waals surface area contributed by atoms with Gasteiger partial charge in [0.25, 0.3) is 0 Å². The fraction of sp³-hybridized carbons (Fsp3) is 0.545. The minimum absolute atomic E-state index is 0. The van der Waals surface area contributed by atoms with Gasteiger partial charge in [0.05, 0.1) is 0 Å². The number of benzene rings is 2. The van der Waals surface area contributed by atoms with Gasteiger partial charge in [-0.3, -0.25) is 4.90 Å². The van der Waals surface area contributed by atoms with E-state index in [1.165, 1.54) is 22.6 Å². The van der Waals surface area contributed by atoms with E-state index in [0.717, 1.165) is 38.9 Å². The van der Waals surface area contributed by atoms with Crippen LogP contribution >= 0.6 is 12.4 Å². The molecule has 2 unspecified atom stereocenters. The van der Waals surface area contributed by atoms with Crippen LogP contribution in [-0.2, 0) is 16.3 Å². The molecule has 1 fully saturated rings. The van der Waals surface area contributed by atoms with E-state index in [-0.39, 0.29) is 29.7 Å². The predicted molar refractivity (Wildman–Crippen MR) is 121 cm³/mol. The van der Waals surface area contributed by atoms with Gasteiger partial charge >= 0.3 is 0 Å². The lowest BCUT2D eigenvalue weighted by atomic mass is 9.95. The highest BCUT2D eigenvalue weighted by molar-refractivity contribution is 7.91. The van der Waals surface area contributed by atoms with Crippen LogP contribution in [0.4, 0.5) is 0 Å². The number of likely N-dealkylation sites (N-methyl/N-ethyl adjacent to an activating group) is 1. The van der Waals surface area contributed by atoms with Crippen LogP contribution in [0.25, 0.3) is 10.8 Å². The molecule has 4 nitrogen and oxygen atoms in total. The Balaban J connectivity index is 0.00000280. The third-order valence-electron chi connectivity index (χ3n) is 5.83. The number of fused-ring (bicyclic) bond motifs is 1. The van der Waals surface area contributed by atoms with E-state index in [4.69, 9.17) is 0 Å². The molecule has 0 radical (unpaired) electrons. The first-order valence-electron chi connectivity index (χ1n) is 10.0. The highest BCUT2D eigenvalue weighted by Gasteiger charge is 2.37. The molecule has 0 aromatic heterocycles. The molecule has 2 aromatic rings. The van der Waals surface area contributed by atoms with Crippen LogP contribution in [0.5, 0.6) is 0 Å². The number of sulfone groups is 1. The van der Waals surface area contributed by atoms with Crippen LogP contribution in [0.2, 0.25) is 0 Å². The fourth-order valence-corrected chi connectivity index (χ4v) is 6.38. The largest absolute Gasteiger partial charge is 0.317 e. The summed E-state index contributed by atoms with van der Waals surface area (Å²) in [5.41, 5.74) is 1.26. The smallest absolute Gasteiger partial charge is 0.163 e. The number of piperidine rings is 1. The van der Waals surface area contributed by atoms with Crippen LogP contribution in [0.3, 0.4) is 0 Å². The molecule has 1 heterocycles. The Morgan fingerprint density at radius 1 is 1.11 bits per heavy atom. The quantitative estimate of drug-likeness (QED) is 0.732. The summed E-state index contributed by atoms with van der Waals surface area (Å²) in [4.78, 5) is 2.21. The first-order chi connectivity index (χ1) is 12.9. The predicted octanol–water partition coefficient (Wildman–Crippen LogP) is 3.88. The zero-order valence-corrected chi connectivity index (χ0v) is 18.7. The van der Waals surface area contributed by atoms with E-state index >= 15 is 0 Å². The number of halogens is 1. The lowest BCUT2D eigenvalue weighted by Gasteiger charge is -2.40. The third kappa shape index (κ3) is 5.47. The van der Waals surface area contributed by atoms with E-state index in [1.807, 2.05) is 0 Å². The van der Waals surface area contributed by atoms with Gasteiger partial charge in [0.1, 0.15) is 5.37 Å². The van der Waals surface area contributed by atoms with E-state index in [9.17, 15) is 8.42 Å². The summed E-state index contributed by atoms with van der Waals surface area (Å²) in [5.74, 6) is 0.209. The summed E-state index contributed by atoms with van der Waals surface area (Å²) >= 11 is 0. The molecule has 6 heteroatoms. The Morgan fingerprint density at radius 3 is 2.36 bits per heavy atom. The normalized spacial score (nSPS) is 18.0. The SMILES string of the molecule is CCN(C(C)Cc1ccc2ccccc2c1)C(C1CCNCC1)S(C)(=O)=O.Cl. The highest BCUT2D eigenvalue weighted by atomic mass is 35.5. The van der Waals surface area contributed by atoms with Crippen molar-refractivity contribution >= 4 is 33.0 Å². The van der Waals surface area contributed by atoms with Gasteiger partial charge in [-0.2, -0.15) is 0 Å². The molecular weight excluding hydrogens is 392 g/mol. The number of hydrogen-bond acceptors (Lipinski definition) is 4. The zero-order valence-electron chi connectivity index (χ0n) is 17.1. The minimum atomic E-state index is -3.15. The molecule has 2 atom stereocenters. The maximum atomic E-state index is 12.7. The first-order valence-corrected chi connectivity index (χ1v) is 12.0. The van der Waals surface area contributed by atoms with Gasteiger partial charge in [0.15, 0.2) is 9.84 Å². The molecule has 1 aliphatic rings. The molecule has 1 N–H and O–H groups in total. The first kappa shape index (κ1) is 23.1. The summed E-state index contributed by atoms with van der Waals surface area (Å²) in [5, 5.41) is 5.44. The van der Waals surface area contributed by atoms with E-state index in [0.29, 0.717) is 0 Å². The summed E-state index contributed by atoms with van der Waals surface area (Å²) in [6, 6.07) is 15.1. The van der Waals surface area contributed by atoms with Gasteiger partial charge in [-0.1, -0.05) is 49.4 Å². The second-order valence-corrected chi connectivity index (χ2v) is 10.0. The maximum Gasteiger partial charge on any atom is 0.163 e. The van der Waals surface area contributed by atoms with Crippen molar-refractivity contribution in [3.05, 3.63) is 48.0 Å². The Kier molecular flexibility index (Phi) is 8.31. The molecule has 1 aliphatic heterocycles. The van der Waals surface area contributed by atoms with Crippen LogP contribution in [0, 0.1) is 5.92 Å². The van der Waals surface area contributed by atoms with Crippen molar-refractivity contribution in [1.29, 1.82) is 0 Å². The van der Waals surface area contributed by atoms with Crippen LogP contribution in [0.15, 0.2) is 42.5 Å². The van der Waals surface area contributed by atoms with Crippen LogP contribution in [0.1, 0.15) is 32.3 Å². The van der Waals surface area contributed by atoms with Crippen molar-refractivity contribution in [2.24, 2.45) is 5.92 Å². The van der Waals surface area contributed by atoms with Crippen molar-refractivity contribution in [3.63, 3.8) is 0 Å². The van der Waals surface area contributed by atoms with E-state index in [2.05, 4.69) is 66.5 Å². The Labute approximate surface area is 176 Å². The number of rotatable bonds is 7. The van der Waals surface area contributed by atoms with Gasteiger partial charge in [-0.05, 0) is 68.1 Å². The number of hydrogen-bond donors (Lipinski definition) is 1. The summed E-state index contributed by atoms with van der Waals surface area (Å²) in [6.07, 6.45) is 4.12. The third-order valence-corrected chi connectivity index (χ3v) is 7.36. The number of nitrogens with one attached hydrogen (secondary N) is 1. The maximum absolute atomic E-state index is 12.7. The molecule has 0 saturated carbocycles. The Bertz CT molecular complexity index is 866. The zero-order chi connectivity index (χ0) is 19.4. The van der Waals surface area contributed by atoms with Crippen molar-refractivity contribution in [1.82, 2.24) is 10.2 Å². The van der Waals surface area contributed by atoms with Gasteiger partial charge in [0, 0.05) is 12.3 Å². The topological polar surface area (TPSA) is 49.4 Å².